The summed E-state index contributed by atoms with van der Waals surface area (Å²) in [6, 6.07) is 13.7. The highest BCUT2D eigenvalue weighted by atomic mass is 16.5. The van der Waals surface area contributed by atoms with Crippen LogP contribution in [-0.4, -0.2) is 47.9 Å². The first-order chi connectivity index (χ1) is 14.0. The maximum absolute atomic E-state index is 12.8. The van der Waals surface area contributed by atoms with Gasteiger partial charge in [0.05, 0.1) is 13.3 Å². The van der Waals surface area contributed by atoms with E-state index < -0.39 is 5.41 Å². The van der Waals surface area contributed by atoms with Gasteiger partial charge in [-0.25, -0.2) is 9.97 Å². The minimum Gasteiger partial charge on any atom is -0.494 e. The number of carbonyl (C=O) groups is 2. The predicted octanol–water partition coefficient (Wildman–Crippen LogP) is 3.11. The third kappa shape index (κ3) is 3.29. The van der Waals surface area contributed by atoms with E-state index in [0.29, 0.717) is 35.4 Å². The molecule has 2 aromatic carbocycles. The molecule has 148 valence electrons. The van der Waals surface area contributed by atoms with Crippen LogP contribution in [0.15, 0.2) is 48.7 Å². The number of hydrogen-bond acceptors (Lipinski definition) is 5. The Bertz CT molecular complexity index is 1090. The molecule has 0 aliphatic heterocycles. The van der Waals surface area contributed by atoms with Crippen LogP contribution in [0.1, 0.15) is 12.8 Å². The highest BCUT2D eigenvalue weighted by Gasteiger charge is 2.57. The number of fused-ring (bicyclic) bond motifs is 1. The molecular formula is C22H22N4O3. The van der Waals surface area contributed by atoms with Crippen LogP contribution in [0.2, 0.25) is 0 Å². The summed E-state index contributed by atoms with van der Waals surface area (Å²) in [6.45, 7) is 0. The van der Waals surface area contributed by atoms with Crippen molar-refractivity contribution in [1.82, 2.24) is 14.9 Å². The van der Waals surface area contributed by atoms with E-state index in [1.165, 1.54) is 11.1 Å². The minimum absolute atomic E-state index is 0.187. The zero-order chi connectivity index (χ0) is 20.6. The Hall–Kier alpha value is -3.48. The first-order valence-electron chi connectivity index (χ1n) is 9.38. The van der Waals surface area contributed by atoms with Gasteiger partial charge < -0.3 is 15.0 Å². The molecule has 0 radical (unpaired) electrons. The van der Waals surface area contributed by atoms with Crippen LogP contribution in [0.4, 0.5) is 5.82 Å². The quantitative estimate of drug-likeness (QED) is 0.677. The fourth-order valence-corrected chi connectivity index (χ4v) is 3.48. The van der Waals surface area contributed by atoms with Crippen LogP contribution in [0, 0.1) is 5.41 Å². The molecular weight excluding hydrogens is 368 g/mol. The normalized spacial score (nSPS) is 14.3. The monoisotopic (exact) mass is 390 g/mol. The lowest BCUT2D eigenvalue weighted by Crippen LogP contribution is -2.39. The summed E-state index contributed by atoms with van der Waals surface area (Å²) in [5.74, 6) is 0.327. The highest BCUT2D eigenvalue weighted by molar-refractivity contribution is 6.12. The standard InChI is InChI=1S/C22H22N4O3/c1-26(2)21(28)22(11-12-22)20(27)25-17-13-23-18-15(14-7-5-4-6-8-14)9-10-16(29-3)19(18)24-17/h4-10,13H,11-12H2,1-3H3,(H,24,25,27). The lowest BCUT2D eigenvalue weighted by atomic mass is 10.0. The minimum atomic E-state index is -0.990. The number of hydrogen-bond donors (Lipinski definition) is 1. The van der Waals surface area contributed by atoms with Gasteiger partial charge in [-0.3, -0.25) is 9.59 Å². The van der Waals surface area contributed by atoms with Crippen molar-refractivity contribution in [3.63, 3.8) is 0 Å². The van der Waals surface area contributed by atoms with Gasteiger partial charge >= 0.3 is 0 Å². The molecule has 0 bridgehead atoms. The summed E-state index contributed by atoms with van der Waals surface area (Å²) < 4.78 is 5.45. The third-order valence-electron chi connectivity index (χ3n) is 5.21. The number of nitrogens with one attached hydrogen (secondary N) is 1. The van der Waals surface area contributed by atoms with E-state index in [2.05, 4.69) is 15.3 Å². The van der Waals surface area contributed by atoms with Crippen molar-refractivity contribution in [2.24, 2.45) is 5.41 Å². The number of methoxy groups -OCH3 is 1. The summed E-state index contributed by atoms with van der Waals surface area (Å²) in [5.41, 5.74) is 2.18. The van der Waals surface area contributed by atoms with Crippen molar-refractivity contribution in [1.29, 1.82) is 0 Å². The molecule has 1 fully saturated rings. The molecule has 2 amide bonds. The lowest BCUT2D eigenvalue weighted by Gasteiger charge is -2.19. The molecule has 3 aromatic rings. The van der Waals surface area contributed by atoms with Gasteiger partial charge in [-0.2, -0.15) is 0 Å². The Morgan fingerprint density at radius 3 is 2.41 bits per heavy atom. The van der Waals surface area contributed by atoms with Crippen molar-refractivity contribution in [3.05, 3.63) is 48.7 Å². The molecule has 0 saturated heterocycles. The van der Waals surface area contributed by atoms with Crippen LogP contribution < -0.4 is 10.1 Å². The molecule has 29 heavy (non-hydrogen) atoms. The van der Waals surface area contributed by atoms with E-state index in [9.17, 15) is 9.59 Å². The Kier molecular flexibility index (Phi) is 4.66. The van der Waals surface area contributed by atoms with Gasteiger partial charge in [-0.15, -0.1) is 0 Å². The molecule has 7 heteroatoms. The molecule has 1 saturated carbocycles. The van der Waals surface area contributed by atoms with Crippen LogP contribution in [0.5, 0.6) is 5.75 Å². The summed E-state index contributed by atoms with van der Waals surface area (Å²) in [7, 11) is 4.88. The van der Waals surface area contributed by atoms with E-state index in [4.69, 9.17) is 4.74 Å². The van der Waals surface area contributed by atoms with Gasteiger partial charge in [0.25, 0.3) is 0 Å². The van der Waals surface area contributed by atoms with Crippen LogP contribution in [0.3, 0.4) is 0 Å². The van der Waals surface area contributed by atoms with E-state index in [1.54, 1.807) is 21.2 Å². The topological polar surface area (TPSA) is 84.4 Å². The van der Waals surface area contributed by atoms with E-state index in [0.717, 1.165) is 11.1 Å². The Morgan fingerprint density at radius 1 is 1.07 bits per heavy atom. The molecule has 1 aromatic heterocycles. The number of carbonyl (C=O) groups excluding carboxylic acids is 2. The molecule has 0 unspecified atom stereocenters. The molecule has 0 atom stereocenters. The fourth-order valence-electron chi connectivity index (χ4n) is 3.48. The fraction of sp³-hybridized carbons (Fsp3) is 0.273. The van der Waals surface area contributed by atoms with E-state index >= 15 is 0 Å². The molecule has 7 nitrogen and oxygen atoms in total. The van der Waals surface area contributed by atoms with Crippen molar-refractivity contribution >= 4 is 28.7 Å². The number of amides is 2. The average molecular weight is 390 g/mol. The smallest absolute Gasteiger partial charge is 0.241 e. The molecule has 4 rings (SSSR count). The largest absolute Gasteiger partial charge is 0.494 e. The SMILES string of the molecule is COc1ccc(-c2ccccc2)c2ncc(NC(=O)C3(C(=O)N(C)C)CC3)nc12. The molecule has 1 heterocycles. The van der Waals surface area contributed by atoms with Gasteiger partial charge in [0, 0.05) is 19.7 Å². The second kappa shape index (κ2) is 7.16. The average Bonchev–Trinajstić information content (AvgIpc) is 3.55. The second-order valence-corrected chi connectivity index (χ2v) is 7.37. The van der Waals surface area contributed by atoms with E-state index in [1.807, 2.05) is 42.5 Å². The Morgan fingerprint density at radius 2 is 1.79 bits per heavy atom. The summed E-state index contributed by atoms with van der Waals surface area (Å²) in [5, 5.41) is 2.77. The number of rotatable bonds is 5. The second-order valence-electron chi connectivity index (χ2n) is 7.37. The molecule has 0 spiro atoms. The summed E-state index contributed by atoms with van der Waals surface area (Å²) in [4.78, 5) is 35.7. The zero-order valence-electron chi connectivity index (χ0n) is 16.6. The van der Waals surface area contributed by atoms with Crippen molar-refractivity contribution in [2.75, 3.05) is 26.5 Å². The summed E-state index contributed by atoms with van der Waals surface area (Å²) in [6.07, 6.45) is 2.60. The third-order valence-corrected chi connectivity index (χ3v) is 5.21. The maximum Gasteiger partial charge on any atom is 0.241 e. The molecule has 1 aliphatic carbocycles. The van der Waals surface area contributed by atoms with Crippen LogP contribution in [0.25, 0.3) is 22.2 Å². The number of anilines is 1. The molecule has 1 aliphatic rings. The number of ether oxygens (including phenoxy) is 1. The van der Waals surface area contributed by atoms with Crippen LogP contribution >= 0.6 is 0 Å². The van der Waals surface area contributed by atoms with Crippen LogP contribution in [-0.2, 0) is 9.59 Å². The zero-order valence-corrected chi connectivity index (χ0v) is 16.6. The first-order valence-corrected chi connectivity index (χ1v) is 9.38. The Labute approximate surface area is 168 Å². The lowest BCUT2D eigenvalue weighted by molar-refractivity contribution is -0.140. The molecule has 1 N–H and O–H groups in total. The van der Waals surface area contributed by atoms with E-state index in [-0.39, 0.29) is 11.8 Å². The number of benzene rings is 2. The van der Waals surface area contributed by atoms with Gasteiger partial charge in [-0.1, -0.05) is 30.3 Å². The highest BCUT2D eigenvalue weighted by Crippen LogP contribution is 2.47. The van der Waals surface area contributed by atoms with Gasteiger partial charge in [0.1, 0.15) is 22.2 Å². The van der Waals surface area contributed by atoms with Crippen molar-refractivity contribution < 1.29 is 14.3 Å². The maximum atomic E-state index is 12.8. The van der Waals surface area contributed by atoms with Gasteiger partial charge in [-0.05, 0) is 30.5 Å². The van der Waals surface area contributed by atoms with Gasteiger partial charge in [0.15, 0.2) is 5.82 Å². The summed E-state index contributed by atoms with van der Waals surface area (Å²) >= 11 is 0. The van der Waals surface area contributed by atoms with Crippen molar-refractivity contribution in [3.8, 4) is 16.9 Å². The van der Waals surface area contributed by atoms with Crippen molar-refractivity contribution in [2.45, 2.75) is 12.8 Å². The van der Waals surface area contributed by atoms with Gasteiger partial charge in [0.2, 0.25) is 11.8 Å². The number of nitrogens with zero attached hydrogens (tertiary/aromatic N) is 3. The predicted molar refractivity (Wildman–Crippen MR) is 111 cm³/mol. The number of aromatic nitrogens is 2. The first kappa shape index (κ1) is 18.9. The Balaban J connectivity index is 1.71.